The predicted octanol–water partition coefficient (Wildman–Crippen LogP) is 2.69. The Kier molecular flexibility index (Phi) is 6.87. The van der Waals surface area contributed by atoms with Crippen LogP contribution >= 0.6 is 11.6 Å². The van der Waals surface area contributed by atoms with Crippen molar-refractivity contribution in [1.82, 2.24) is 15.6 Å². The molecule has 1 saturated heterocycles. The smallest absolute Gasteiger partial charge is 0.309 e. The van der Waals surface area contributed by atoms with Crippen LogP contribution in [-0.2, 0) is 16.1 Å². The molecule has 148 valence electrons. The van der Waals surface area contributed by atoms with E-state index in [2.05, 4.69) is 26.6 Å². The summed E-state index contributed by atoms with van der Waals surface area (Å²) in [5, 5.41) is 6.03. The SMILES string of the molecule is Cc1cc(N2CCC(CNC(=O)C(=O)NCc3ccc(Cl)cc3)CC2)ccn1. The molecule has 0 unspecified atom stereocenters. The zero-order chi connectivity index (χ0) is 19.9. The number of nitrogens with one attached hydrogen (secondary N) is 2. The van der Waals surface area contributed by atoms with E-state index in [4.69, 9.17) is 11.6 Å². The number of hydrogen-bond acceptors (Lipinski definition) is 4. The van der Waals surface area contributed by atoms with E-state index < -0.39 is 11.8 Å². The van der Waals surface area contributed by atoms with Gasteiger partial charge in [0.05, 0.1) is 0 Å². The van der Waals surface area contributed by atoms with Crippen LogP contribution in [-0.4, -0.2) is 36.4 Å². The number of hydrogen-bond donors (Lipinski definition) is 2. The minimum atomic E-state index is -0.611. The summed E-state index contributed by atoms with van der Waals surface area (Å²) >= 11 is 5.83. The van der Waals surface area contributed by atoms with Crippen molar-refractivity contribution < 1.29 is 9.59 Å². The minimum absolute atomic E-state index is 0.299. The summed E-state index contributed by atoms with van der Waals surface area (Å²) < 4.78 is 0. The Bertz CT molecular complexity index is 817. The van der Waals surface area contributed by atoms with Gasteiger partial charge in [-0.25, -0.2) is 0 Å². The highest BCUT2D eigenvalue weighted by atomic mass is 35.5. The van der Waals surface area contributed by atoms with Crippen LogP contribution in [0.4, 0.5) is 5.69 Å². The average Bonchev–Trinajstić information content (AvgIpc) is 2.71. The van der Waals surface area contributed by atoms with Gasteiger partial charge in [-0.3, -0.25) is 14.6 Å². The van der Waals surface area contributed by atoms with E-state index in [0.717, 1.165) is 37.2 Å². The number of benzene rings is 1. The first-order chi connectivity index (χ1) is 13.5. The van der Waals surface area contributed by atoms with E-state index in [1.165, 1.54) is 5.69 Å². The fourth-order valence-electron chi connectivity index (χ4n) is 3.30. The van der Waals surface area contributed by atoms with Gasteiger partial charge in [-0.15, -0.1) is 0 Å². The van der Waals surface area contributed by atoms with E-state index in [0.29, 0.717) is 24.0 Å². The Balaban J connectivity index is 1.38. The standard InChI is InChI=1S/C21H25ClN4O2/c1-15-12-19(6-9-23-15)26-10-7-17(8-11-26)14-25-21(28)20(27)24-13-16-2-4-18(22)5-3-16/h2-6,9,12,17H,7-8,10-11,13-14H2,1H3,(H,24,27)(H,25,28). The monoisotopic (exact) mass is 400 g/mol. The number of carbonyl (C=O) groups is 2. The van der Waals surface area contributed by atoms with Crippen LogP contribution in [0.5, 0.6) is 0 Å². The molecule has 1 fully saturated rings. The van der Waals surface area contributed by atoms with Crippen LogP contribution < -0.4 is 15.5 Å². The second kappa shape index (κ2) is 9.55. The Morgan fingerprint density at radius 1 is 1.11 bits per heavy atom. The number of amides is 2. The first kappa shape index (κ1) is 20.1. The Morgan fingerprint density at radius 3 is 2.46 bits per heavy atom. The summed E-state index contributed by atoms with van der Waals surface area (Å²) in [4.78, 5) is 30.6. The molecule has 1 aromatic heterocycles. The van der Waals surface area contributed by atoms with Gasteiger partial charge in [0.15, 0.2) is 0 Å². The van der Waals surface area contributed by atoms with Gasteiger partial charge in [0.1, 0.15) is 0 Å². The van der Waals surface area contributed by atoms with Crippen LogP contribution in [0.3, 0.4) is 0 Å². The Labute approximate surface area is 170 Å². The molecule has 1 aliphatic rings. The number of aromatic nitrogens is 1. The summed E-state index contributed by atoms with van der Waals surface area (Å²) in [6.45, 7) is 4.69. The minimum Gasteiger partial charge on any atom is -0.371 e. The molecule has 1 aliphatic heterocycles. The predicted molar refractivity (Wildman–Crippen MR) is 110 cm³/mol. The molecular formula is C21H25ClN4O2. The molecule has 0 aliphatic carbocycles. The molecule has 7 heteroatoms. The van der Waals surface area contributed by atoms with Gasteiger partial charge in [0.2, 0.25) is 0 Å². The van der Waals surface area contributed by atoms with Crippen molar-refractivity contribution in [2.24, 2.45) is 5.92 Å². The van der Waals surface area contributed by atoms with Crippen LogP contribution in [0.25, 0.3) is 0 Å². The molecule has 0 spiro atoms. The maximum absolute atomic E-state index is 12.0. The quantitative estimate of drug-likeness (QED) is 0.757. The lowest BCUT2D eigenvalue weighted by Crippen LogP contribution is -2.43. The first-order valence-electron chi connectivity index (χ1n) is 9.49. The molecule has 1 aromatic carbocycles. The Hall–Kier alpha value is -2.60. The van der Waals surface area contributed by atoms with Crippen LogP contribution in [0.15, 0.2) is 42.6 Å². The number of pyridine rings is 1. The van der Waals surface area contributed by atoms with Gasteiger partial charge in [-0.2, -0.15) is 0 Å². The van der Waals surface area contributed by atoms with E-state index in [-0.39, 0.29) is 0 Å². The van der Waals surface area contributed by atoms with Crippen LogP contribution in [0.2, 0.25) is 5.02 Å². The van der Waals surface area contributed by atoms with E-state index in [9.17, 15) is 9.59 Å². The van der Waals surface area contributed by atoms with E-state index in [1.54, 1.807) is 12.1 Å². The lowest BCUT2D eigenvalue weighted by molar-refractivity contribution is -0.139. The Morgan fingerprint density at radius 2 is 1.79 bits per heavy atom. The fourth-order valence-corrected chi connectivity index (χ4v) is 3.43. The van der Waals surface area contributed by atoms with Gasteiger partial charge < -0.3 is 15.5 Å². The third kappa shape index (κ3) is 5.70. The molecular weight excluding hydrogens is 376 g/mol. The van der Waals surface area contributed by atoms with Crippen molar-refractivity contribution in [2.45, 2.75) is 26.3 Å². The molecule has 6 nitrogen and oxygen atoms in total. The lowest BCUT2D eigenvalue weighted by atomic mass is 9.96. The molecule has 3 rings (SSSR count). The number of carbonyl (C=O) groups excluding carboxylic acids is 2. The number of anilines is 1. The summed E-state index contributed by atoms with van der Waals surface area (Å²) in [6, 6.07) is 11.3. The van der Waals surface area contributed by atoms with Gasteiger partial charge in [0, 0.05) is 48.8 Å². The maximum atomic E-state index is 12.0. The van der Waals surface area contributed by atoms with Crippen molar-refractivity contribution in [3.05, 3.63) is 58.9 Å². The zero-order valence-corrected chi connectivity index (χ0v) is 16.7. The third-order valence-electron chi connectivity index (χ3n) is 4.98. The van der Waals surface area contributed by atoms with Crippen LogP contribution in [0, 0.1) is 12.8 Å². The summed E-state index contributed by atoms with van der Waals surface area (Å²) in [6.07, 6.45) is 3.79. The number of aryl methyl sites for hydroxylation is 1. The summed E-state index contributed by atoms with van der Waals surface area (Å²) in [7, 11) is 0. The molecule has 2 aromatic rings. The molecule has 0 saturated carbocycles. The van der Waals surface area contributed by atoms with E-state index >= 15 is 0 Å². The molecule has 0 atom stereocenters. The zero-order valence-electron chi connectivity index (χ0n) is 16.0. The van der Waals surface area contributed by atoms with Crippen molar-refractivity contribution in [1.29, 1.82) is 0 Å². The fraction of sp³-hybridized carbons (Fsp3) is 0.381. The molecule has 2 N–H and O–H groups in total. The highest BCUT2D eigenvalue weighted by molar-refractivity contribution is 6.35. The van der Waals surface area contributed by atoms with Gasteiger partial charge >= 0.3 is 11.8 Å². The van der Waals surface area contributed by atoms with E-state index in [1.807, 2.05) is 31.3 Å². The van der Waals surface area contributed by atoms with Gasteiger partial charge in [-0.05, 0) is 55.5 Å². The third-order valence-corrected chi connectivity index (χ3v) is 5.24. The van der Waals surface area contributed by atoms with Crippen molar-refractivity contribution in [2.75, 3.05) is 24.5 Å². The number of nitrogens with zero attached hydrogens (tertiary/aromatic N) is 2. The second-order valence-electron chi connectivity index (χ2n) is 7.11. The number of rotatable bonds is 5. The van der Waals surface area contributed by atoms with Crippen molar-refractivity contribution in [3.63, 3.8) is 0 Å². The molecule has 0 bridgehead atoms. The van der Waals surface area contributed by atoms with Crippen molar-refractivity contribution >= 4 is 29.1 Å². The first-order valence-corrected chi connectivity index (χ1v) is 9.87. The molecule has 28 heavy (non-hydrogen) atoms. The lowest BCUT2D eigenvalue weighted by Gasteiger charge is -2.33. The van der Waals surface area contributed by atoms with Crippen LogP contribution in [0.1, 0.15) is 24.1 Å². The molecule has 2 heterocycles. The molecule has 0 radical (unpaired) electrons. The average molecular weight is 401 g/mol. The summed E-state index contributed by atoms with van der Waals surface area (Å²) in [5.74, 6) is -0.812. The van der Waals surface area contributed by atoms with Gasteiger partial charge in [0.25, 0.3) is 0 Å². The number of halogens is 1. The topological polar surface area (TPSA) is 74.3 Å². The van der Waals surface area contributed by atoms with Crippen molar-refractivity contribution in [3.8, 4) is 0 Å². The normalized spacial score (nSPS) is 14.6. The second-order valence-corrected chi connectivity index (χ2v) is 7.54. The highest BCUT2D eigenvalue weighted by Gasteiger charge is 2.21. The largest absolute Gasteiger partial charge is 0.371 e. The maximum Gasteiger partial charge on any atom is 0.309 e. The number of piperidine rings is 1. The van der Waals surface area contributed by atoms with Gasteiger partial charge in [-0.1, -0.05) is 23.7 Å². The summed E-state index contributed by atoms with van der Waals surface area (Å²) in [5.41, 5.74) is 3.09. The molecule has 2 amide bonds. The highest BCUT2D eigenvalue weighted by Crippen LogP contribution is 2.23.